The van der Waals surface area contributed by atoms with Crippen LogP contribution in [0.4, 0.5) is 0 Å². The Kier molecular flexibility index (Phi) is 5.89. The van der Waals surface area contributed by atoms with Gasteiger partial charge in [0.2, 0.25) is 0 Å². The van der Waals surface area contributed by atoms with Crippen molar-refractivity contribution in [3.8, 4) is 5.75 Å². The average Bonchev–Trinajstić information content (AvgIpc) is 2.72. The van der Waals surface area contributed by atoms with E-state index in [1.54, 1.807) is 17.0 Å². The van der Waals surface area contributed by atoms with Crippen LogP contribution >= 0.6 is 0 Å². The molecule has 2 aromatic rings. The first-order valence-electron chi connectivity index (χ1n) is 8.81. The average molecular weight is 353 g/mol. The van der Waals surface area contributed by atoms with Gasteiger partial charge in [-0.2, -0.15) is 0 Å². The summed E-state index contributed by atoms with van der Waals surface area (Å²) in [4.78, 5) is 26.0. The molecular weight excluding hydrogens is 330 g/mol. The maximum absolute atomic E-state index is 12.6. The van der Waals surface area contributed by atoms with Crippen molar-refractivity contribution in [2.75, 3.05) is 20.2 Å². The highest BCUT2D eigenvalue weighted by molar-refractivity contribution is 5.94. The van der Waals surface area contributed by atoms with Crippen LogP contribution in [0.2, 0.25) is 0 Å². The Balaban J connectivity index is 1.53. The Morgan fingerprint density at radius 2 is 1.65 bits per heavy atom. The highest BCUT2D eigenvalue weighted by atomic mass is 16.5. The molecule has 0 N–H and O–H groups in total. The number of amides is 1. The molecule has 0 bridgehead atoms. The molecule has 0 radical (unpaired) electrons. The SMILES string of the molecule is COC(=O)C1CCN(C(=O)c2ccc(OCc3ccccc3)cc2)CC1. The van der Waals surface area contributed by atoms with Crippen LogP contribution in [0.5, 0.6) is 5.75 Å². The van der Waals surface area contributed by atoms with Crippen molar-refractivity contribution in [2.24, 2.45) is 5.92 Å². The van der Waals surface area contributed by atoms with Crippen LogP contribution < -0.4 is 4.74 Å². The van der Waals surface area contributed by atoms with Crippen molar-refractivity contribution < 1.29 is 19.1 Å². The zero-order chi connectivity index (χ0) is 18.4. The molecule has 1 heterocycles. The molecule has 0 atom stereocenters. The molecule has 5 nitrogen and oxygen atoms in total. The van der Waals surface area contributed by atoms with Gasteiger partial charge in [0.15, 0.2) is 0 Å². The zero-order valence-electron chi connectivity index (χ0n) is 14.9. The van der Waals surface area contributed by atoms with Gasteiger partial charge in [0.05, 0.1) is 13.0 Å². The molecule has 2 aromatic carbocycles. The van der Waals surface area contributed by atoms with Gasteiger partial charge in [0.25, 0.3) is 5.91 Å². The molecule has 0 aliphatic carbocycles. The Bertz CT molecular complexity index is 734. The Labute approximate surface area is 153 Å². The largest absolute Gasteiger partial charge is 0.489 e. The molecule has 1 aliphatic heterocycles. The number of ether oxygens (including phenoxy) is 2. The van der Waals surface area contributed by atoms with E-state index in [9.17, 15) is 9.59 Å². The fourth-order valence-corrected chi connectivity index (χ4v) is 3.10. The van der Waals surface area contributed by atoms with E-state index < -0.39 is 0 Å². The first-order chi connectivity index (χ1) is 12.7. The van der Waals surface area contributed by atoms with E-state index in [4.69, 9.17) is 9.47 Å². The second-order valence-electron chi connectivity index (χ2n) is 6.39. The monoisotopic (exact) mass is 353 g/mol. The van der Waals surface area contributed by atoms with Crippen molar-refractivity contribution in [3.05, 3.63) is 65.7 Å². The minimum Gasteiger partial charge on any atom is -0.489 e. The Morgan fingerprint density at radius 3 is 2.27 bits per heavy atom. The number of methoxy groups -OCH3 is 1. The number of hydrogen-bond donors (Lipinski definition) is 0. The van der Waals surface area contributed by atoms with Crippen molar-refractivity contribution >= 4 is 11.9 Å². The van der Waals surface area contributed by atoms with Crippen LogP contribution in [0.3, 0.4) is 0 Å². The van der Waals surface area contributed by atoms with Crippen LogP contribution in [0.25, 0.3) is 0 Å². The van der Waals surface area contributed by atoms with E-state index in [1.807, 2.05) is 42.5 Å². The lowest BCUT2D eigenvalue weighted by Crippen LogP contribution is -2.40. The van der Waals surface area contributed by atoms with E-state index in [-0.39, 0.29) is 17.8 Å². The van der Waals surface area contributed by atoms with Gasteiger partial charge < -0.3 is 14.4 Å². The molecule has 5 heteroatoms. The van der Waals surface area contributed by atoms with E-state index in [2.05, 4.69) is 0 Å². The maximum Gasteiger partial charge on any atom is 0.308 e. The van der Waals surface area contributed by atoms with Crippen molar-refractivity contribution in [2.45, 2.75) is 19.4 Å². The summed E-state index contributed by atoms with van der Waals surface area (Å²) in [6.45, 7) is 1.64. The minimum absolute atomic E-state index is 0.0112. The second kappa shape index (κ2) is 8.52. The standard InChI is InChI=1S/C21H23NO4/c1-25-21(24)18-11-13-22(14-12-18)20(23)17-7-9-19(10-8-17)26-15-16-5-3-2-4-6-16/h2-10,18H,11-15H2,1H3. The fraction of sp³-hybridized carbons (Fsp3) is 0.333. The molecule has 1 saturated heterocycles. The second-order valence-corrected chi connectivity index (χ2v) is 6.39. The zero-order valence-corrected chi connectivity index (χ0v) is 14.9. The fourth-order valence-electron chi connectivity index (χ4n) is 3.10. The van der Waals surface area contributed by atoms with Gasteiger partial charge >= 0.3 is 5.97 Å². The lowest BCUT2D eigenvalue weighted by Gasteiger charge is -2.30. The molecule has 1 fully saturated rings. The van der Waals surface area contributed by atoms with Crippen molar-refractivity contribution in [1.82, 2.24) is 4.90 Å². The predicted octanol–water partition coefficient (Wildman–Crippen LogP) is 3.29. The van der Waals surface area contributed by atoms with Crippen LogP contribution in [-0.4, -0.2) is 37.0 Å². The number of piperidine rings is 1. The summed E-state index contributed by atoms with van der Waals surface area (Å²) >= 11 is 0. The lowest BCUT2D eigenvalue weighted by molar-refractivity contribution is -0.146. The summed E-state index contributed by atoms with van der Waals surface area (Å²) in [5.74, 6) is 0.438. The summed E-state index contributed by atoms with van der Waals surface area (Å²) in [5, 5.41) is 0. The summed E-state index contributed by atoms with van der Waals surface area (Å²) in [5.41, 5.74) is 1.73. The van der Waals surface area contributed by atoms with Gasteiger partial charge in [0, 0.05) is 18.7 Å². The van der Waals surface area contributed by atoms with Gasteiger partial charge in [-0.25, -0.2) is 0 Å². The van der Waals surface area contributed by atoms with Crippen molar-refractivity contribution in [1.29, 1.82) is 0 Å². The van der Waals surface area contributed by atoms with E-state index >= 15 is 0 Å². The number of benzene rings is 2. The van der Waals surface area contributed by atoms with E-state index in [0.29, 0.717) is 38.1 Å². The Hall–Kier alpha value is -2.82. The number of likely N-dealkylation sites (tertiary alicyclic amines) is 1. The number of carbonyl (C=O) groups excluding carboxylic acids is 2. The molecule has 136 valence electrons. The molecule has 0 spiro atoms. The van der Waals surface area contributed by atoms with Crippen molar-refractivity contribution in [3.63, 3.8) is 0 Å². The highest BCUT2D eigenvalue weighted by Gasteiger charge is 2.28. The smallest absolute Gasteiger partial charge is 0.308 e. The maximum atomic E-state index is 12.6. The molecular formula is C21H23NO4. The number of esters is 1. The molecule has 26 heavy (non-hydrogen) atoms. The van der Waals surface area contributed by atoms with Crippen LogP contribution in [-0.2, 0) is 16.1 Å². The van der Waals surface area contributed by atoms with Gasteiger partial charge in [-0.3, -0.25) is 9.59 Å². The predicted molar refractivity (Wildman–Crippen MR) is 97.9 cm³/mol. The summed E-state index contributed by atoms with van der Waals surface area (Å²) in [7, 11) is 1.40. The third kappa shape index (κ3) is 4.42. The molecule has 3 rings (SSSR count). The lowest BCUT2D eigenvalue weighted by atomic mass is 9.96. The Morgan fingerprint density at radius 1 is 1.00 bits per heavy atom. The van der Waals surface area contributed by atoms with E-state index in [0.717, 1.165) is 11.3 Å². The summed E-state index contributed by atoms with van der Waals surface area (Å²) < 4.78 is 10.5. The van der Waals surface area contributed by atoms with Gasteiger partial charge in [0.1, 0.15) is 12.4 Å². The van der Waals surface area contributed by atoms with Crippen LogP contribution in [0.1, 0.15) is 28.8 Å². The highest BCUT2D eigenvalue weighted by Crippen LogP contribution is 2.21. The normalized spacial score (nSPS) is 14.7. The third-order valence-electron chi connectivity index (χ3n) is 4.67. The summed E-state index contributed by atoms with van der Waals surface area (Å²) in [6.07, 6.45) is 1.30. The van der Waals surface area contributed by atoms with Gasteiger partial charge in [-0.1, -0.05) is 30.3 Å². The number of hydrogen-bond acceptors (Lipinski definition) is 4. The summed E-state index contributed by atoms with van der Waals surface area (Å²) in [6, 6.07) is 17.1. The van der Waals surface area contributed by atoms with Crippen LogP contribution in [0.15, 0.2) is 54.6 Å². The van der Waals surface area contributed by atoms with Gasteiger partial charge in [-0.15, -0.1) is 0 Å². The molecule has 1 aliphatic rings. The number of rotatable bonds is 5. The van der Waals surface area contributed by atoms with Crippen LogP contribution in [0, 0.1) is 5.92 Å². The molecule has 1 amide bonds. The first kappa shape index (κ1) is 18.0. The first-order valence-corrected chi connectivity index (χ1v) is 8.81. The molecule has 0 aromatic heterocycles. The number of carbonyl (C=O) groups is 2. The number of nitrogens with zero attached hydrogens (tertiary/aromatic N) is 1. The molecule has 0 unspecified atom stereocenters. The topological polar surface area (TPSA) is 55.8 Å². The van der Waals surface area contributed by atoms with Gasteiger partial charge in [-0.05, 0) is 42.7 Å². The quantitative estimate of drug-likeness (QED) is 0.774. The van der Waals surface area contributed by atoms with E-state index in [1.165, 1.54) is 7.11 Å². The molecule has 0 saturated carbocycles. The third-order valence-corrected chi connectivity index (χ3v) is 4.67. The minimum atomic E-state index is -0.183.